The monoisotopic (exact) mass is 320 g/mol. The van der Waals surface area contributed by atoms with Crippen LogP contribution in [-0.4, -0.2) is 9.97 Å². The number of hydrogen-bond acceptors (Lipinski definition) is 2. The zero-order valence-electron chi connectivity index (χ0n) is 15.0. The van der Waals surface area contributed by atoms with E-state index in [1.807, 2.05) is 26.8 Å². The van der Waals surface area contributed by atoms with Crippen LogP contribution in [0.3, 0.4) is 0 Å². The molecular formula is C21H24N2O. The first-order chi connectivity index (χ1) is 11.4. The average molecular weight is 320 g/mol. The van der Waals surface area contributed by atoms with Crippen LogP contribution < -0.4 is 5.43 Å². The lowest BCUT2D eigenvalue weighted by atomic mass is 9.94. The van der Waals surface area contributed by atoms with Crippen molar-refractivity contribution >= 4 is 10.9 Å². The smallest absolute Gasteiger partial charge is 0.188 e. The maximum absolute atomic E-state index is 12.8. The van der Waals surface area contributed by atoms with Crippen LogP contribution in [0.4, 0.5) is 0 Å². The SMILES string of the molecule is Cc1ccc2ccc(Cc3c(C(C)C)[nH]c(C)c(C)c3=O)cc2n1. The van der Waals surface area contributed by atoms with E-state index in [0.29, 0.717) is 6.42 Å². The van der Waals surface area contributed by atoms with Gasteiger partial charge in [0.15, 0.2) is 5.43 Å². The summed E-state index contributed by atoms with van der Waals surface area (Å²) in [5.74, 6) is 0.285. The van der Waals surface area contributed by atoms with Crippen LogP contribution >= 0.6 is 0 Å². The molecule has 2 aromatic heterocycles. The van der Waals surface area contributed by atoms with Crippen molar-refractivity contribution in [2.75, 3.05) is 0 Å². The number of aromatic amines is 1. The molecule has 3 nitrogen and oxygen atoms in total. The summed E-state index contributed by atoms with van der Waals surface area (Å²) in [5, 5.41) is 1.13. The second kappa shape index (κ2) is 6.23. The zero-order valence-corrected chi connectivity index (χ0v) is 15.0. The molecule has 124 valence electrons. The first-order valence-corrected chi connectivity index (χ1v) is 8.45. The van der Waals surface area contributed by atoms with Gasteiger partial charge in [-0.15, -0.1) is 0 Å². The molecule has 3 aromatic rings. The van der Waals surface area contributed by atoms with E-state index in [4.69, 9.17) is 0 Å². The van der Waals surface area contributed by atoms with E-state index in [1.165, 1.54) is 0 Å². The number of nitrogens with one attached hydrogen (secondary N) is 1. The number of aromatic nitrogens is 2. The first-order valence-electron chi connectivity index (χ1n) is 8.45. The van der Waals surface area contributed by atoms with E-state index in [9.17, 15) is 4.79 Å². The maximum atomic E-state index is 12.8. The molecule has 1 N–H and O–H groups in total. The molecule has 0 bridgehead atoms. The van der Waals surface area contributed by atoms with Crippen LogP contribution in [0.15, 0.2) is 35.1 Å². The van der Waals surface area contributed by atoms with E-state index >= 15 is 0 Å². The Labute approximate surface area is 142 Å². The summed E-state index contributed by atoms with van der Waals surface area (Å²) in [7, 11) is 0. The van der Waals surface area contributed by atoms with Crippen LogP contribution in [0.2, 0.25) is 0 Å². The average Bonchev–Trinajstić information content (AvgIpc) is 2.54. The fraction of sp³-hybridized carbons (Fsp3) is 0.333. The van der Waals surface area contributed by atoms with Crippen LogP contribution in [0.5, 0.6) is 0 Å². The Bertz CT molecular complexity index is 967. The summed E-state index contributed by atoms with van der Waals surface area (Å²) in [6, 6.07) is 10.4. The van der Waals surface area contributed by atoms with Gasteiger partial charge in [0.25, 0.3) is 0 Å². The normalized spacial score (nSPS) is 11.4. The fourth-order valence-electron chi connectivity index (χ4n) is 3.14. The van der Waals surface area contributed by atoms with Crippen molar-refractivity contribution in [3.8, 4) is 0 Å². The van der Waals surface area contributed by atoms with Gasteiger partial charge in [-0.05, 0) is 44.4 Å². The molecule has 0 unspecified atom stereocenters. The van der Waals surface area contributed by atoms with Gasteiger partial charge in [0.2, 0.25) is 0 Å². The lowest BCUT2D eigenvalue weighted by Crippen LogP contribution is -2.20. The lowest BCUT2D eigenvalue weighted by Gasteiger charge is -2.15. The molecule has 0 amide bonds. The molecular weight excluding hydrogens is 296 g/mol. The largest absolute Gasteiger partial charge is 0.362 e. The summed E-state index contributed by atoms with van der Waals surface area (Å²) < 4.78 is 0. The van der Waals surface area contributed by atoms with Crippen LogP contribution in [0.1, 0.15) is 53.5 Å². The highest BCUT2D eigenvalue weighted by molar-refractivity contribution is 5.79. The Hall–Kier alpha value is -2.42. The third-order valence-electron chi connectivity index (χ3n) is 4.68. The minimum Gasteiger partial charge on any atom is -0.362 e. The minimum atomic E-state index is 0.159. The number of nitrogens with zero attached hydrogens (tertiary/aromatic N) is 1. The van der Waals surface area contributed by atoms with Gasteiger partial charge in [-0.1, -0.05) is 32.0 Å². The van der Waals surface area contributed by atoms with Crippen LogP contribution in [0.25, 0.3) is 10.9 Å². The predicted octanol–water partition coefficient (Wildman–Crippen LogP) is 4.56. The van der Waals surface area contributed by atoms with Crippen molar-refractivity contribution < 1.29 is 0 Å². The number of rotatable bonds is 3. The van der Waals surface area contributed by atoms with Gasteiger partial charge < -0.3 is 4.98 Å². The molecule has 0 radical (unpaired) electrons. The van der Waals surface area contributed by atoms with Gasteiger partial charge in [0.05, 0.1) is 5.52 Å². The van der Waals surface area contributed by atoms with E-state index in [0.717, 1.165) is 44.7 Å². The van der Waals surface area contributed by atoms with Gasteiger partial charge in [0.1, 0.15) is 0 Å². The first kappa shape index (κ1) is 16.4. The summed E-state index contributed by atoms with van der Waals surface area (Å²) >= 11 is 0. The molecule has 0 spiro atoms. The van der Waals surface area contributed by atoms with E-state index in [2.05, 4.69) is 48.1 Å². The fourth-order valence-corrected chi connectivity index (χ4v) is 3.14. The van der Waals surface area contributed by atoms with E-state index in [1.54, 1.807) is 0 Å². The van der Waals surface area contributed by atoms with Gasteiger partial charge in [-0.2, -0.15) is 0 Å². The van der Waals surface area contributed by atoms with Crippen molar-refractivity contribution in [3.63, 3.8) is 0 Å². The van der Waals surface area contributed by atoms with Crippen molar-refractivity contribution in [1.82, 2.24) is 9.97 Å². The van der Waals surface area contributed by atoms with Gasteiger partial charge in [-0.25, -0.2) is 0 Å². The molecule has 3 rings (SSSR count). The Morgan fingerprint density at radius 3 is 2.50 bits per heavy atom. The van der Waals surface area contributed by atoms with E-state index in [-0.39, 0.29) is 11.3 Å². The summed E-state index contributed by atoms with van der Waals surface area (Å²) in [4.78, 5) is 20.8. The Morgan fingerprint density at radius 2 is 1.79 bits per heavy atom. The zero-order chi connectivity index (χ0) is 17.4. The molecule has 0 aliphatic heterocycles. The highest BCUT2D eigenvalue weighted by Gasteiger charge is 2.15. The number of hydrogen-bond donors (Lipinski definition) is 1. The second-order valence-electron chi connectivity index (χ2n) is 6.91. The molecule has 0 fully saturated rings. The number of fused-ring (bicyclic) bond motifs is 1. The summed E-state index contributed by atoms with van der Waals surface area (Å²) in [5.41, 5.74) is 6.96. The third kappa shape index (κ3) is 2.99. The Balaban J connectivity index is 2.11. The molecule has 3 heteroatoms. The molecule has 2 heterocycles. The van der Waals surface area contributed by atoms with Crippen LogP contribution in [-0.2, 0) is 6.42 Å². The molecule has 1 aromatic carbocycles. The molecule has 0 atom stereocenters. The summed E-state index contributed by atoms with van der Waals surface area (Å²) in [6.07, 6.45) is 0.634. The van der Waals surface area contributed by atoms with E-state index < -0.39 is 0 Å². The molecule has 24 heavy (non-hydrogen) atoms. The maximum Gasteiger partial charge on any atom is 0.188 e. The number of benzene rings is 1. The molecule has 0 saturated heterocycles. The Morgan fingerprint density at radius 1 is 1.08 bits per heavy atom. The topological polar surface area (TPSA) is 45.8 Å². The standard InChI is InChI=1S/C21H24N2O/c1-12(2)20-18(21(24)14(4)15(5)23-20)10-16-7-9-17-8-6-13(3)22-19(17)11-16/h6-9,11-12H,10H2,1-5H3,(H,23,24). The molecule has 0 aliphatic rings. The van der Waals surface area contributed by atoms with Crippen molar-refractivity contribution in [2.24, 2.45) is 0 Å². The number of aryl methyl sites for hydroxylation is 2. The lowest BCUT2D eigenvalue weighted by molar-refractivity contribution is 0.788. The number of H-pyrrole nitrogens is 1. The van der Waals surface area contributed by atoms with Crippen molar-refractivity contribution in [2.45, 2.75) is 47.0 Å². The predicted molar refractivity (Wildman–Crippen MR) is 99.9 cm³/mol. The highest BCUT2D eigenvalue weighted by Crippen LogP contribution is 2.21. The quantitative estimate of drug-likeness (QED) is 0.769. The number of pyridine rings is 2. The van der Waals surface area contributed by atoms with Crippen molar-refractivity contribution in [3.05, 3.63) is 74.3 Å². The van der Waals surface area contributed by atoms with Gasteiger partial charge in [0, 0.05) is 40.0 Å². The third-order valence-corrected chi connectivity index (χ3v) is 4.68. The van der Waals surface area contributed by atoms with Gasteiger partial charge >= 0.3 is 0 Å². The van der Waals surface area contributed by atoms with Crippen molar-refractivity contribution in [1.29, 1.82) is 0 Å². The second-order valence-corrected chi connectivity index (χ2v) is 6.91. The molecule has 0 saturated carbocycles. The highest BCUT2D eigenvalue weighted by atomic mass is 16.1. The summed E-state index contributed by atoms with van der Waals surface area (Å²) in [6.45, 7) is 10.1. The Kier molecular flexibility index (Phi) is 4.27. The van der Waals surface area contributed by atoms with Gasteiger partial charge in [-0.3, -0.25) is 9.78 Å². The molecule has 0 aliphatic carbocycles. The van der Waals surface area contributed by atoms with Crippen LogP contribution in [0, 0.1) is 20.8 Å². The minimum absolute atomic E-state index is 0.159.